The number of ether oxygens (including phenoxy) is 1. The summed E-state index contributed by atoms with van der Waals surface area (Å²) in [4.78, 5) is 10.4. The van der Waals surface area contributed by atoms with Crippen LogP contribution >= 0.6 is 0 Å². The predicted molar refractivity (Wildman–Crippen MR) is 90.0 cm³/mol. The van der Waals surface area contributed by atoms with Gasteiger partial charge < -0.3 is 10.5 Å². The van der Waals surface area contributed by atoms with E-state index in [2.05, 4.69) is 0 Å². The molecule has 25 heavy (non-hydrogen) atoms. The number of nitro benzene ring substituents is 1. The maximum atomic E-state index is 14.2. The van der Waals surface area contributed by atoms with E-state index >= 15 is 0 Å². The van der Waals surface area contributed by atoms with Gasteiger partial charge in [-0.05, 0) is 25.0 Å². The molecule has 0 heterocycles. The van der Waals surface area contributed by atoms with Gasteiger partial charge in [0.05, 0.1) is 17.1 Å². The van der Waals surface area contributed by atoms with Crippen LogP contribution in [-0.2, 0) is 10.3 Å². The number of non-ortho nitro benzene ring substituents is 1. The molecule has 2 rings (SSSR count). The third kappa shape index (κ3) is 4.59. The van der Waals surface area contributed by atoms with Crippen LogP contribution in [0, 0.1) is 27.3 Å². The quantitative estimate of drug-likeness (QED) is 0.611. The molecule has 0 unspecified atom stereocenters. The first-order valence-corrected chi connectivity index (χ1v) is 7.62. The van der Waals surface area contributed by atoms with Gasteiger partial charge in [-0.2, -0.15) is 5.26 Å². The van der Waals surface area contributed by atoms with Crippen molar-refractivity contribution in [3.05, 3.63) is 75.6 Å². The van der Waals surface area contributed by atoms with Crippen molar-refractivity contribution in [1.82, 2.24) is 0 Å². The fraction of sp³-hybridized carbons (Fsp3) is 0.278. The van der Waals surface area contributed by atoms with Crippen molar-refractivity contribution in [3.8, 4) is 6.07 Å². The molecule has 0 radical (unpaired) electrons. The molecule has 2 aromatic carbocycles. The van der Waals surface area contributed by atoms with Crippen LogP contribution in [-0.4, -0.2) is 11.5 Å². The SMILES string of the molecule is C[C@](N)(C[C@H](OCC#N)c1ccccc1)c1cc([N+](=O)[O-])ccc1F. The average molecular weight is 343 g/mol. The van der Waals surface area contributed by atoms with Crippen LogP contribution in [0.2, 0.25) is 0 Å². The summed E-state index contributed by atoms with van der Waals surface area (Å²) < 4.78 is 19.8. The topological polar surface area (TPSA) is 102 Å². The zero-order valence-electron chi connectivity index (χ0n) is 13.7. The van der Waals surface area contributed by atoms with Crippen LogP contribution in [0.5, 0.6) is 0 Å². The highest BCUT2D eigenvalue weighted by molar-refractivity contribution is 5.39. The smallest absolute Gasteiger partial charge is 0.269 e. The number of halogens is 1. The highest BCUT2D eigenvalue weighted by atomic mass is 19.1. The lowest BCUT2D eigenvalue weighted by atomic mass is 9.85. The Balaban J connectivity index is 2.35. The monoisotopic (exact) mass is 343 g/mol. The number of hydrogen-bond acceptors (Lipinski definition) is 5. The normalized spacial score (nSPS) is 14.3. The lowest BCUT2D eigenvalue weighted by Crippen LogP contribution is -2.36. The second kappa shape index (κ2) is 7.83. The van der Waals surface area contributed by atoms with Crippen LogP contribution in [0.3, 0.4) is 0 Å². The Hall–Kier alpha value is -2.82. The van der Waals surface area contributed by atoms with E-state index in [0.29, 0.717) is 0 Å². The molecular formula is C18H18FN3O3. The Morgan fingerprint density at radius 2 is 2.04 bits per heavy atom. The van der Waals surface area contributed by atoms with Crippen LogP contribution in [0.1, 0.15) is 30.6 Å². The second-order valence-electron chi connectivity index (χ2n) is 5.91. The van der Waals surface area contributed by atoms with E-state index in [1.165, 1.54) is 0 Å². The van der Waals surface area contributed by atoms with Crippen LogP contribution in [0.15, 0.2) is 48.5 Å². The standard InChI is InChI=1S/C18H18FN3O3/c1-18(21,15-11-14(22(23)24)7-8-16(15)19)12-17(25-10-9-20)13-5-3-2-4-6-13/h2-8,11,17H,10,12,21H2,1H3/t17-,18-/m0/s1. The number of hydrogen-bond donors (Lipinski definition) is 1. The lowest BCUT2D eigenvalue weighted by molar-refractivity contribution is -0.385. The molecular weight excluding hydrogens is 325 g/mol. The fourth-order valence-electron chi connectivity index (χ4n) is 2.64. The predicted octanol–water partition coefficient (Wildman–Crippen LogP) is 3.58. The molecule has 2 N–H and O–H groups in total. The highest BCUT2D eigenvalue weighted by Gasteiger charge is 2.31. The highest BCUT2D eigenvalue weighted by Crippen LogP contribution is 2.34. The molecule has 0 saturated heterocycles. The minimum Gasteiger partial charge on any atom is -0.359 e. The zero-order valence-corrected chi connectivity index (χ0v) is 13.7. The van der Waals surface area contributed by atoms with E-state index in [-0.39, 0.29) is 24.3 Å². The van der Waals surface area contributed by atoms with Gasteiger partial charge in [-0.15, -0.1) is 0 Å². The molecule has 0 aliphatic heterocycles. The molecule has 2 atom stereocenters. The van der Waals surface area contributed by atoms with Crippen LogP contribution in [0.25, 0.3) is 0 Å². The maximum absolute atomic E-state index is 14.2. The molecule has 0 amide bonds. The minimum absolute atomic E-state index is 0.0307. The van der Waals surface area contributed by atoms with E-state index in [1.807, 2.05) is 36.4 Å². The summed E-state index contributed by atoms with van der Waals surface area (Å²) >= 11 is 0. The first-order chi connectivity index (χ1) is 11.8. The number of nitriles is 1. The third-order valence-electron chi connectivity index (χ3n) is 3.91. The zero-order chi connectivity index (χ0) is 18.4. The summed E-state index contributed by atoms with van der Waals surface area (Å²) in [5.74, 6) is -0.623. The number of nitro groups is 1. The van der Waals surface area contributed by atoms with E-state index in [4.69, 9.17) is 15.7 Å². The summed E-state index contributed by atoms with van der Waals surface area (Å²) in [6, 6.07) is 14.3. The van der Waals surface area contributed by atoms with Crippen molar-refractivity contribution in [2.24, 2.45) is 5.73 Å². The summed E-state index contributed by atoms with van der Waals surface area (Å²) in [6.45, 7) is 1.44. The molecule has 0 spiro atoms. The first-order valence-electron chi connectivity index (χ1n) is 7.62. The molecule has 0 aromatic heterocycles. The lowest BCUT2D eigenvalue weighted by Gasteiger charge is -2.30. The summed E-state index contributed by atoms with van der Waals surface area (Å²) in [7, 11) is 0. The van der Waals surface area contributed by atoms with Crippen LogP contribution in [0.4, 0.5) is 10.1 Å². The maximum Gasteiger partial charge on any atom is 0.269 e. The minimum atomic E-state index is -1.23. The third-order valence-corrected chi connectivity index (χ3v) is 3.91. The van der Waals surface area contributed by atoms with Gasteiger partial charge in [-0.1, -0.05) is 30.3 Å². The first kappa shape index (κ1) is 18.5. The molecule has 6 nitrogen and oxygen atoms in total. The molecule has 0 bridgehead atoms. The summed E-state index contributed by atoms with van der Waals surface area (Å²) in [5, 5.41) is 19.7. The van der Waals surface area contributed by atoms with Crippen molar-refractivity contribution in [3.63, 3.8) is 0 Å². The Bertz CT molecular complexity index is 788. The number of rotatable bonds is 7. The summed E-state index contributed by atoms with van der Waals surface area (Å²) in [6.07, 6.45) is -0.397. The van der Waals surface area contributed by atoms with Crippen molar-refractivity contribution in [2.45, 2.75) is 25.0 Å². The molecule has 0 saturated carbocycles. The fourth-order valence-corrected chi connectivity index (χ4v) is 2.64. The van der Waals surface area contributed by atoms with Crippen molar-refractivity contribution >= 4 is 5.69 Å². The molecule has 2 aromatic rings. The van der Waals surface area contributed by atoms with Gasteiger partial charge in [0, 0.05) is 23.2 Å². The van der Waals surface area contributed by atoms with E-state index in [1.54, 1.807) is 6.92 Å². The Morgan fingerprint density at radius 3 is 2.64 bits per heavy atom. The van der Waals surface area contributed by atoms with Gasteiger partial charge >= 0.3 is 0 Å². The van der Waals surface area contributed by atoms with Gasteiger partial charge in [0.2, 0.25) is 0 Å². The Labute approximate surface area is 144 Å². The largest absolute Gasteiger partial charge is 0.359 e. The number of benzene rings is 2. The van der Waals surface area contributed by atoms with E-state index in [0.717, 1.165) is 23.8 Å². The van der Waals surface area contributed by atoms with Crippen LogP contribution < -0.4 is 5.73 Å². The average Bonchev–Trinajstić information content (AvgIpc) is 2.59. The Kier molecular flexibility index (Phi) is 5.80. The molecule has 0 aliphatic rings. The van der Waals surface area contributed by atoms with Gasteiger partial charge in [0.15, 0.2) is 0 Å². The molecule has 0 fully saturated rings. The van der Waals surface area contributed by atoms with Gasteiger partial charge in [-0.3, -0.25) is 10.1 Å². The Morgan fingerprint density at radius 1 is 1.36 bits per heavy atom. The number of nitrogens with zero attached hydrogens (tertiary/aromatic N) is 2. The van der Waals surface area contributed by atoms with Gasteiger partial charge in [0.25, 0.3) is 5.69 Å². The van der Waals surface area contributed by atoms with Crippen molar-refractivity contribution in [1.29, 1.82) is 5.26 Å². The molecule has 0 aliphatic carbocycles. The molecule has 130 valence electrons. The van der Waals surface area contributed by atoms with E-state index < -0.39 is 22.4 Å². The second-order valence-corrected chi connectivity index (χ2v) is 5.91. The van der Waals surface area contributed by atoms with Gasteiger partial charge in [0.1, 0.15) is 12.4 Å². The molecule has 7 heteroatoms. The van der Waals surface area contributed by atoms with E-state index in [9.17, 15) is 14.5 Å². The summed E-state index contributed by atoms with van der Waals surface area (Å²) in [5.41, 5.74) is 5.65. The van der Waals surface area contributed by atoms with Crippen molar-refractivity contribution < 1.29 is 14.1 Å². The van der Waals surface area contributed by atoms with Gasteiger partial charge in [-0.25, -0.2) is 4.39 Å². The van der Waals surface area contributed by atoms with Crippen molar-refractivity contribution in [2.75, 3.05) is 6.61 Å². The number of nitrogens with two attached hydrogens (primary N) is 1.